The highest BCUT2D eigenvalue weighted by molar-refractivity contribution is 7.84. The zero-order valence-electron chi connectivity index (χ0n) is 17.3. The maximum Gasteiger partial charge on any atom is 0.340 e. The van der Waals surface area contributed by atoms with Crippen molar-refractivity contribution < 1.29 is 35.3 Å². The van der Waals surface area contributed by atoms with Gasteiger partial charge in [0.05, 0.1) is 0 Å². The Morgan fingerprint density at radius 2 is 1.46 bits per heavy atom. The lowest BCUT2D eigenvalue weighted by Gasteiger charge is -2.52. The van der Waals surface area contributed by atoms with Crippen LogP contribution in [0.2, 0.25) is 39.3 Å². The van der Waals surface area contributed by atoms with E-state index in [1.54, 1.807) is 7.11 Å². The predicted molar refractivity (Wildman–Crippen MR) is 128 cm³/mol. The van der Waals surface area contributed by atoms with Crippen LogP contribution in [0.25, 0.3) is 0 Å². The number of hydrogen-bond donors (Lipinski definition) is 3. The van der Waals surface area contributed by atoms with E-state index in [0.717, 1.165) is 0 Å². The van der Waals surface area contributed by atoms with E-state index in [2.05, 4.69) is 6.58 Å². The first-order valence-corrected chi connectivity index (χ1v) is 30.8. The normalized spacial score (nSPS) is 19.8. The average Bonchev–Trinajstić information content (AvgIpc) is 2.55. The Bertz CT molecular complexity index is 452. The van der Waals surface area contributed by atoms with Gasteiger partial charge in [0.2, 0.25) is 7.83 Å². The van der Waals surface area contributed by atoms with Gasteiger partial charge in [0, 0.05) is 7.11 Å². The lowest BCUT2D eigenvalue weighted by atomic mass is 11.3. The van der Waals surface area contributed by atoms with Crippen molar-refractivity contribution in [1.82, 2.24) is 0 Å². The molecule has 0 saturated heterocycles. The molecule has 17 heteroatoms. The molecule has 0 fully saturated rings. The SMILES string of the molecule is C=C[Si](C)(C)O[Si](C)(C)O[Si](O[SiH2]O)([Si](C)(C)OC)[Si](O[SiH3])([SiH2]O)[SiH2]O. The van der Waals surface area contributed by atoms with E-state index in [1.807, 2.05) is 45.0 Å². The molecule has 0 radical (unpaired) electrons. The van der Waals surface area contributed by atoms with Crippen LogP contribution in [0.1, 0.15) is 0 Å². The van der Waals surface area contributed by atoms with Crippen LogP contribution in [0, 0.1) is 0 Å². The maximum absolute atomic E-state index is 10.4. The minimum atomic E-state index is -3.32. The Labute approximate surface area is 171 Å². The molecular formula is C9H36O8Si9. The Hall–Kier alpha value is 1.37. The third-order valence-electron chi connectivity index (χ3n) is 4.46. The van der Waals surface area contributed by atoms with Crippen molar-refractivity contribution in [2.75, 3.05) is 7.11 Å². The summed E-state index contributed by atoms with van der Waals surface area (Å²) in [6.07, 6.45) is 0. The molecule has 0 aliphatic rings. The summed E-state index contributed by atoms with van der Waals surface area (Å²) >= 11 is 0. The molecule has 0 bridgehead atoms. The number of rotatable bonds is 13. The van der Waals surface area contributed by atoms with E-state index >= 15 is 0 Å². The Morgan fingerprint density at radius 1 is 0.962 bits per heavy atom. The predicted octanol–water partition coefficient (Wildman–Crippen LogP) is -3.50. The molecule has 0 saturated carbocycles. The van der Waals surface area contributed by atoms with Crippen LogP contribution < -0.4 is 0 Å². The number of hydrogen-bond acceptors (Lipinski definition) is 8. The molecule has 156 valence electrons. The van der Waals surface area contributed by atoms with Crippen molar-refractivity contribution in [1.29, 1.82) is 0 Å². The van der Waals surface area contributed by atoms with Gasteiger partial charge >= 0.3 is 16.2 Å². The molecule has 1 unspecified atom stereocenters. The maximum atomic E-state index is 10.4. The van der Waals surface area contributed by atoms with Crippen LogP contribution in [0.15, 0.2) is 12.3 Å². The highest BCUT2D eigenvalue weighted by Crippen LogP contribution is 2.34. The third-order valence-corrected chi connectivity index (χ3v) is 77.4. The highest BCUT2D eigenvalue weighted by atomic mass is 30.0. The third kappa shape index (κ3) is 5.94. The van der Waals surface area contributed by atoms with Gasteiger partial charge in [-0.15, -0.1) is 6.58 Å². The van der Waals surface area contributed by atoms with Gasteiger partial charge in [-0.2, -0.15) is 0 Å². The summed E-state index contributed by atoms with van der Waals surface area (Å²) in [7, 11) is -14.1. The van der Waals surface area contributed by atoms with Gasteiger partial charge in [-0.1, -0.05) is 5.70 Å². The van der Waals surface area contributed by atoms with Crippen molar-refractivity contribution in [3.8, 4) is 0 Å². The standard InChI is InChI=1S/C9H36O8Si9/c1-9-22(3,4)16-23(5,6)17-25(15-19-10,24(7,8)13-2)26(14-18,20-11)21-12/h9-12H,1,19-21H2,2-8,18H3. The molecule has 0 heterocycles. The molecule has 1 atom stereocenters. The summed E-state index contributed by atoms with van der Waals surface area (Å²) < 4.78 is 31.1. The molecule has 0 aromatic carbocycles. The van der Waals surface area contributed by atoms with Crippen LogP contribution in [-0.2, 0) is 20.9 Å². The molecule has 0 amide bonds. The van der Waals surface area contributed by atoms with Crippen molar-refractivity contribution in [3.63, 3.8) is 0 Å². The van der Waals surface area contributed by atoms with Crippen molar-refractivity contribution in [3.05, 3.63) is 12.3 Å². The molecule has 0 aromatic rings. The monoisotopic (exact) mass is 524 g/mol. The molecule has 26 heavy (non-hydrogen) atoms. The van der Waals surface area contributed by atoms with Gasteiger partial charge in [-0.3, -0.25) is 0 Å². The second-order valence-electron chi connectivity index (χ2n) is 7.53. The quantitative estimate of drug-likeness (QED) is 0.213. The summed E-state index contributed by atoms with van der Waals surface area (Å²) in [5.74, 6) is 0. The minimum absolute atomic E-state index is 0.378. The molecule has 0 aliphatic carbocycles. The molecule has 8 nitrogen and oxygen atoms in total. The fraction of sp³-hybridized carbons (Fsp3) is 0.778. The van der Waals surface area contributed by atoms with E-state index in [4.69, 9.17) is 20.9 Å². The summed E-state index contributed by atoms with van der Waals surface area (Å²) in [4.78, 5) is 30.6. The average molecular weight is 525 g/mol. The summed E-state index contributed by atoms with van der Waals surface area (Å²) in [6, 6.07) is 0. The van der Waals surface area contributed by atoms with Gasteiger partial charge in [0.25, 0.3) is 16.9 Å². The smallest absolute Gasteiger partial charge is 0.340 e. The molecule has 0 aromatic heterocycles. The van der Waals surface area contributed by atoms with Crippen LogP contribution in [0.5, 0.6) is 0 Å². The van der Waals surface area contributed by atoms with E-state index < -0.39 is 67.7 Å². The minimum Gasteiger partial charge on any atom is -0.463 e. The molecular weight excluding hydrogens is 489 g/mol. The fourth-order valence-electron chi connectivity index (χ4n) is 2.89. The summed E-state index contributed by atoms with van der Waals surface area (Å²) in [5, 5.41) is 0. The topological polar surface area (TPSA) is 107 Å². The lowest BCUT2D eigenvalue weighted by molar-refractivity contribution is 0.318. The van der Waals surface area contributed by atoms with Gasteiger partial charge in [0.15, 0.2) is 26.9 Å². The zero-order valence-corrected chi connectivity index (χ0v) is 28.5. The van der Waals surface area contributed by atoms with Gasteiger partial charge in [-0.25, -0.2) is 0 Å². The lowest BCUT2D eigenvalue weighted by Crippen LogP contribution is -2.87. The van der Waals surface area contributed by atoms with Crippen LogP contribution in [-0.4, -0.2) is 99.7 Å². The second-order valence-corrected chi connectivity index (χ2v) is 53.7. The summed E-state index contributed by atoms with van der Waals surface area (Å²) in [6.45, 7) is 12.8. The Morgan fingerprint density at radius 3 is 1.77 bits per heavy atom. The first-order valence-electron chi connectivity index (χ1n) is 8.39. The zero-order chi connectivity index (χ0) is 20.9. The van der Waals surface area contributed by atoms with Gasteiger partial charge in [0.1, 0.15) is 10.5 Å². The first-order chi connectivity index (χ1) is 11.8. The van der Waals surface area contributed by atoms with Crippen LogP contribution in [0.3, 0.4) is 0 Å². The molecule has 0 spiro atoms. The fourth-order valence-corrected chi connectivity index (χ4v) is 101. The van der Waals surface area contributed by atoms with E-state index in [0.29, 0.717) is 10.5 Å². The van der Waals surface area contributed by atoms with E-state index in [1.165, 1.54) is 0 Å². The molecule has 0 rings (SSSR count). The van der Waals surface area contributed by atoms with Gasteiger partial charge < -0.3 is 35.3 Å². The van der Waals surface area contributed by atoms with Crippen molar-refractivity contribution in [2.24, 2.45) is 0 Å². The largest absolute Gasteiger partial charge is 0.463 e. The van der Waals surface area contributed by atoms with Crippen LogP contribution in [0.4, 0.5) is 0 Å². The van der Waals surface area contributed by atoms with Crippen LogP contribution >= 0.6 is 0 Å². The first kappa shape index (κ1) is 27.4. The molecule has 3 N–H and O–H groups in total. The molecule has 0 aliphatic heterocycles. The Kier molecular flexibility index (Phi) is 11.0. The van der Waals surface area contributed by atoms with Crippen molar-refractivity contribution in [2.45, 2.75) is 39.3 Å². The van der Waals surface area contributed by atoms with E-state index in [-0.39, 0.29) is 0 Å². The van der Waals surface area contributed by atoms with Gasteiger partial charge in [-0.05, 0) is 39.3 Å². The van der Waals surface area contributed by atoms with Crippen molar-refractivity contribution >= 4 is 78.2 Å². The van der Waals surface area contributed by atoms with E-state index in [9.17, 15) is 14.4 Å². The highest BCUT2D eigenvalue weighted by Gasteiger charge is 2.72. The second kappa shape index (κ2) is 10.4. The summed E-state index contributed by atoms with van der Waals surface area (Å²) in [5.41, 5.74) is 1.85. The Balaban J connectivity index is 6.43.